The summed E-state index contributed by atoms with van der Waals surface area (Å²) in [5.74, 6) is 3.02. The third kappa shape index (κ3) is 2.55. The lowest BCUT2D eigenvalue weighted by atomic mass is 9.78. The number of fused-ring (bicyclic) bond motifs is 3. The summed E-state index contributed by atoms with van der Waals surface area (Å²) < 4.78 is 12.3. The van der Waals surface area contributed by atoms with E-state index >= 15 is 0 Å². The second-order valence-corrected chi connectivity index (χ2v) is 7.61. The van der Waals surface area contributed by atoms with Crippen molar-refractivity contribution in [2.45, 2.75) is 58.6 Å². The summed E-state index contributed by atoms with van der Waals surface area (Å²) in [6.45, 7) is 9.50. The predicted molar refractivity (Wildman–Crippen MR) is 96.5 cm³/mol. The maximum atomic E-state index is 6.25. The maximum absolute atomic E-state index is 6.25. The van der Waals surface area contributed by atoms with Crippen LogP contribution in [-0.4, -0.2) is 6.61 Å². The molecule has 0 aliphatic carbocycles. The number of aryl methyl sites for hydroxylation is 2. The van der Waals surface area contributed by atoms with E-state index in [-0.39, 0.29) is 12.1 Å². The first kappa shape index (κ1) is 15.8. The molecular formula is C21H27NO2. The molecule has 3 heteroatoms. The summed E-state index contributed by atoms with van der Waals surface area (Å²) in [5.41, 5.74) is 5.12. The first-order chi connectivity index (χ1) is 11.5. The van der Waals surface area contributed by atoms with Crippen molar-refractivity contribution in [1.29, 1.82) is 0 Å². The lowest BCUT2D eigenvalue weighted by Crippen LogP contribution is -2.35. The van der Waals surface area contributed by atoms with Gasteiger partial charge in [0.2, 0.25) is 0 Å². The van der Waals surface area contributed by atoms with Crippen LogP contribution in [0.5, 0.6) is 0 Å². The molecule has 1 aromatic carbocycles. The summed E-state index contributed by atoms with van der Waals surface area (Å²) in [7, 11) is 0. The standard InChI is InChI=1S/C21H27NO2/c1-12(2)15-7-8-18-17(11-15)21-16(6-5-9-23-21)20(22-18)19-10-13(3)14(4)24-19/h7-8,10-12,16,20-22H,5-6,9H2,1-4H3/t16?,20-,21?/m1/s1. The Morgan fingerprint density at radius 1 is 1.17 bits per heavy atom. The van der Waals surface area contributed by atoms with Gasteiger partial charge in [-0.25, -0.2) is 0 Å². The molecule has 0 bridgehead atoms. The third-order valence-corrected chi connectivity index (χ3v) is 5.65. The largest absolute Gasteiger partial charge is 0.464 e. The van der Waals surface area contributed by atoms with Crippen LogP contribution in [0.15, 0.2) is 28.7 Å². The molecule has 128 valence electrons. The number of anilines is 1. The summed E-state index contributed by atoms with van der Waals surface area (Å²) in [6.07, 6.45) is 2.47. The lowest BCUT2D eigenvalue weighted by Gasteiger charge is -2.42. The van der Waals surface area contributed by atoms with Gasteiger partial charge in [-0.05, 0) is 55.9 Å². The van der Waals surface area contributed by atoms with E-state index < -0.39 is 0 Å². The SMILES string of the molecule is Cc1cc([C@@H]2Nc3ccc(C(C)C)cc3C3OCCCC32)oc1C. The molecule has 1 fully saturated rings. The zero-order valence-electron chi connectivity index (χ0n) is 15.1. The number of hydrogen-bond donors (Lipinski definition) is 1. The second kappa shape index (κ2) is 5.96. The van der Waals surface area contributed by atoms with Crippen molar-refractivity contribution in [3.8, 4) is 0 Å². The fourth-order valence-electron chi connectivity index (χ4n) is 4.09. The molecule has 3 nitrogen and oxygen atoms in total. The fourth-order valence-corrected chi connectivity index (χ4v) is 4.09. The van der Waals surface area contributed by atoms with E-state index in [0.29, 0.717) is 11.8 Å². The van der Waals surface area contributed by atoms with Gasteiger partial charge < -0.3 is 14.5 Å². The second-order valence-electron chi connectivity index (χ2n) is 7.61. The van der Waals surface area contributed by atoms with Gasteiger partial charge >= 0.3 is 0 Å². The molecular weight excluding hydrogens is 298 g/mol. The van der Waals surface area contributed by atoms with Crippen LogP contribution in [-0.2, 0) is 4.74 Å². The third-order valence-electron chi connectivity index (χ3n) is 5.65. The minimum Gasteiger partial charge on any atom is -0.464 e. The average molecular weight is 325 g/mol. The maximum Gasteiger partial charge on any atom is 0.127 e. The summed E-state index contributed by atoms with van der Waals surface area (Å²) >= 11 is 0. The molecule has 1 N–H and O–H groups in total. The van der Waals surface area contributed by atoms with Crippen molar-refractivity contribution in [1.82, 2.24) is 0 Å². The molecule has 0 amide bonds. The fraction of sp³-hybridized carbons (Fsp3) is 0.524. The average Bonchev–Trinajstić information content (AvgIpc) is 2.92. The van der Waals surface area contributed by atoms with Crippen LogP contribution in [0.1, 0.15) is 73.0 Å². The van der Waals surface area contributed by atoms with Crippen molar-refractivity contribution < 1.29 is 9.15 Å². The van der Waals surface area contributed by atoms with Crippen molar-refractivity contribution in [2.75, 3.05) is 11.9 Å². The zero-order chi connectivity index (χ0) is 16.8. The first-order valence-corrected chi connectivity index (χ1v) is 9.13. The van der Waals surface area contributed by atoms with Crippen LogP contribution in [0.2, 0.25) is 0 Å². The molecule has 2 unspecified atom stereocenters. The first-order valence-electron chi connectivity index (χ1n) is 9.13. The van der Waals surface area contributed by atoms with Crippen molar-refractivity contribution in [3.63, 3.8) is 0 Å². The van der Waals surface area contributed by atoms with Gasteiger partial charge in [0.1, 0.15) is 11.5 Å². The monoisotopic (exact) mass is 325 g/mol. The number of hydrogen-bond acceptors (Lipinski definition) is 3. The van der Waals surface area contributed by atoms with E-state index in [1.54, 1.807) is 0 Å². The van der Waals surface area contributed by atoms with Gasteiger partial charge in [-0.3, -0.25) is 0 Å². The van der Waals surface area contributed by atoms with E-state index in [0.717, 1.165) is 24.5 Å². The Hall–Kier alpha value is -1.74. The molecule has 3 heterocycles. The predicted octanol–water partition coefficient (Wildman–Crippen LogP) is 5.65. The molecule has 0 radical (unpaired) electrons. The molecule has 3 atom stereocenters. The Bertz CT molecular complexity index is 727. The van der Waals surface area contributed by atoms with Crippen molar-refractivity contribution in [2.24, 2.45) is 5.92 Å². The summed E-state index contributed by atoms with van der Waals surface area (Å²) in [4.78, 5) is 0. The van der Waals surface area contributed by atoms with Crippen LogP contribution in [0, 0.1) is 19.8 Å². The Morgan fingerprint density at radius 3 is 2.71 bits per heavy atom. The van der Waals surface area contributed by atoms with Gasteiger partial charge in [0, 0.05) is 23.8 Å². The molecule has 2 aromatic rings. The van der Waals surface area contributed by atoms with Crippen LogP contribution in [0.25, 0.3) is 0 Å². The van der Waals surface area contributed by atoms with Crippen LogP contribution in [0.3, 0.4) is 0 Å². The van der Waals surface area contributed by atoms with Crippen LogP contribution in [0.4, 0.5) is 5.69 Å². The molecule has 2 aliphatic heterocycles. The Labute approximate surface area is 144 Å². The van der Waals surface area contributed by atoms with E-state index in [1.165, 1.54) is 28.8 Å². The topological polar surface area (TPSA) is 34.4 Å². The minimum atomic E-state index is 0.171. The highest BCUT2D eigenvalue weighted by atomic mass is 16.5. The highest BCUT2D eigenvalue weighted by Crippen LogP contribution is 2.49. The van der Waals surface area contributed by atoms with E-state index in [1.807, 2.05) is 6.92 Å². The van der Waals surface area contributed by atoms with Gasteiger partial charge in [-0.15, -0.1) is 0 Å². The Balaban J connectivity index is 1.77. The quantitative estimate of drug-likeness (QED) is 0.774. The van der Waals surface area contributed by atoms with Crippen molar-refractivity contribution >= 4 is 5.69 Å². The Kier molecular flexibility index (Phi) is 3.92. The number of benzene rings is 1. The molecule has 24 heavy (non-hydrogen) atoms. The molecule has 1 aromatic heterocycles. The number of rotatable bonds is 2. The van der Waals surface area contributed by atoms with Crippen LogP contribution >= 0.6 is 0 Å². The molecule has 2 aliphatic rings. The van der Waals surface area contributed by atoms with E-state index in [2.05, 4.69) is 50.4 Å². The van der Waals surface area contributed by atoms with Crippen molar-refractivity contribution in [3.05, 3.63) is 52.5 Å². The minimum absolute atomic E-state index is 0.171. The van der Waals surface area contributed by atoms with Gasteiger partial charge in [0.15, 0.2) is 0 Å². The lowest BCUT2D eigenvalue weighted by molar-refractivity contribution is -0.0402. The van der Waals surface area contributed by atoms with Gasteiger partial charge in [-0.2, -0.15) is 0 Å². The van der Waals surface area contributed by atoms with Crippen LogP contribution < -0.4 is 5.32 Å². The molecule has 0 saturated carbocycles. The highest BCUT2D eigenvalue weighted by molar-refractivity contribution is 5.58. The number of ether oxygens (including phenoxy) is 1. The molecule has 0 spiro atoms. The zero-order valence-corrected chi connectivity index (χ0v) is 15.1. The highest BCUT2D eigenvalue weighted by Gasteiger charge is 2.41. The van der Waals surface area contributed by atoms with Gasteiger partial charge in [-0.1, -0.05) is 26.0 Å². The van der Waals surface area contributed by atoms with E-state index in [4.69, 9.17) is 9.15 Å². The normalized spacial score (nSPS) is 26.0. The summed E-state index contributed by atoms with van der Waals surface area (Å²) in [6, 6.07) is 9.17. The summed E-state index contributed by atoms with van der Waals surface area (Å²) in [5, 5.41) is 3.75. The number of furan rings is 1. The molecule has 1 saturated heterocycles. The van der Waals surface area contributed by atoms with E-state index in [9.17, 15) is 0 Å². The number of nitrogens with one attached hydrogen (secondary N) is 1. The Morgan fingerprint density at radius 2 is 2.00 bits per heavy atom. The smallest absolute Gasteiger partial charge is 0.127 e. The molecule has 4 rings (SSSR count). The van der Waals surface area contributed by atoms with Gasteiger partial charge in [0.05, 0.1) is 12.1 Å². The van der Waals surface area contributed by atoms with Gasteiger partial charge in [0.25, 0.3) is 0 Å².